The fourth-order valence-corrected chi connectivity index (χ4v) is 5.67. The average Bonchev–Trinajstić information content (AvgIpc) is 3.36. The molecule has 8 heteroatoms. The summed E-state index contributed by atoms with van der Waals surface area (Å²) in [6, 6.07) is 20.9. The van der Waals surface area contributed by atoms with Crippen molar-refractivity contribution >= 4 is 69.4 Å². The Morgan fingerprint density at radius 3 is 2.61 bits per heavy atom. The van der Waals surface area contributed by atoms with E-state index in [4.69, 9.17) is 23.2 Å². The van der Waals surface area contributed by atoms with Gasteiger partial charge >= 0.3 is 0 Å². The third-order valence-electron chi connectivity index (χ3n) is 6.20. The molecule has 182 valence electrons. The molecule has 1 atom stereocenters. The number of amides is 2. The maximum atomic E-state index is 13.5. The highest BCUT2D eigenvalue weighted by atomic mass is 35.5. The van der Waals surface area contributed by atoms with Crippen molar-refractivity contribution in [3.63, 3.8) is 0 Å². The molecule has 0 unspecified atom stereocenters. The molecule has 3 aromatic carbocycles. The number of halogens is 2. The normalized spacial score (nSPS) is 18.1. The molecule has 2 aliphatic heterocycles. The highest BCUT2D eigenvalue weighted by molar-refractivity contribution is 8.14. The number of thioether (sulfide) groups is 1. The van der Waals surface area contributed by atoms with Crippen LogP contribution in [0.3, 0.4) is 0 Å². The number of nitrogens with zero attached hydrogens (tertiary/aromatic N) is 3. The zero-order valence-electron chi connectivity index (χ0n) is 19.7. The van der Waals surface area contributed by atoms with Crippen LogP contribution in [0.5, 0.6) is 0 Å². The maximum absolute atomic E-state index is 13.5. The largest absolute Gasteiger partial charge is 0.308 e. The van der Waals surface area contributed by atoms with E-state index in [0.29, 0.717) is 26.5 Å². The third kappa shape index (κ3) is 4.69. The molecule has 0 bridgehead atoms. The van der Waals surface area contributed by atoms with Crippen molar-refractivity contribution in [3.8, 4) is 0 Å². The van der Waals surface area contributed by atoms with Crippen LogP contribution >= 0.6 is 35.0 Å². The lowest BCUT2D eigenvalue weighted by molar-refractivity contribution is -0.116. The Hall–Kier alpha value is -3.06. The average molecular weight is 536 g/mol. The van der Waals surface area contributed by atoms with Gasteiger partial charge in [0.25, 0.3) is 5.91 Å². The van der Waals surface area contributed by atoms with Gasteiger partial charge in [0, 0.05) is 11.7 Å². The molecule has 2 aliphatic rings. The van der Waals surface area contributed by atoms with Crippen LogP contribution in [0, 0.1) is 6.92 Å². The standard InChI is InChI=1S/C28H23Cl2N3O2S/c1-17-10-12-21(13-11-17)33-27(35)23(15-20-7-5-8-22(29)26(20)30)31-28(33)36-16-25(34)32-18(2)14-19-6-3-4-9-24(19)32/h3-13,15,18H,14,16H2,1-2H3/b23-15+/t18-/m0/s1. The number of carbonyl (C=O) groups excluding carboxylic acids is 2. The van der Waals surface area contributed by atoms with Gasteiger partial charge in [0.2, 0.25) is 5.91 Å². The van der Waals surface area contributed by atoms with Crippen molar-refractivity contribution in [1.29, 1.82) is 0 Å². The zero-order valence-corrected chi connectivity index (χ0v) is 22.1. The Bertz CT molecular complexity index is 1420. The first kappa shape index (κ1) is 24.6. The number of aliphatic imine (C=N–C) groups is 1. The van der Waals surface area contributed by atoms with Crippen molar-refractivity contribution in [1.82, 2.24) is 0 Å². The van der Waals surface area contributed by atoms with Gasteiger partial charge in [-0.2, -0.15) is 0 Å². The summed E-state index contributed by atoms with van der Waals surface area (Å²) in [5.41, 5.74) is 4.72. The minimum Gasteiger partial charge on any atom is -0.308 e. The van der Waals surface area contributed by atoms with Gasteiger partial charge in [-0.15, -0.1) is 0 Å². The maximum Gasteiger partial charge on any atom is 0.283 e. The third-order valence-corrected chi connectivity index (χ3v) is 7.95. The molecule has 5 rings (SSSR count). The van der Waals surface area contributed by atoms with Crippen molar-refractivity contribution in [2.45, 2.75) is 26.3 Å². The number of amidine groups is 1. The number of carbonyl (C=O) groups is 2. The summed E-state index contributed by atoms with van der Waals surface area (Å²) in [6.07, 6.45) is 2.46. The molecule has 2 amide bonds. The zero-order chi connectivity index (χ0) is 25.4. The number of hydrogen-bond donors (Lipinski definition) is 0. The van der Waals surface area contributed by atoms with Gasteiger partial charge in [0.15, 0.2) is 5.17 Å². The van der Waals surface area contributed by atoms with E-state index in [2.05, 4.69) is 11.1 Å². The summed E-state index contributed by atoms with van der Waals surface area (Å²) in [7, 11) is 0. The van der Waals surface area contributed by atoms with Gasteiger partial charge in [-0.25, -0.2) is 4.99 Å². The lowest BCUT2D eigenvalue weighted by atomic mass is 10.1. The fraction of sp³-hybridized carbons (Fsp3) is 0.179. The molecule has 0 aromatic heterocycles. The summed E-state index contributed by atoms with van der Waals surface area (Å²) >= 11 is 13.8. The molecule has 5 nitrogen and oxygen atoms in total. The SMILES string of the molecule is Cc1ccc(N2C(=O)/C(=C\c3cccc(Cl)c3Cl)N=C2SCC(=O)N2c3ccccc3C[C@@H]2C)cc1. The topological polar surface area (TPSA) is 53.0 Å². The van der Waals surface area contributed by atoms with Crippen molar-refractivity contribution in [3.05, 3.63) is 99.2 Å². The molecule has 0 saturated heterocycles. The molecule has 0 radical (unpaired) electrons. The lowest BCUT2D eigenvalue weighted by Gasteiger charge is -2.23. The second-order valence-electron chi connectivity index (χ2n) is 8.78. The van der Waals surface area contributed by atoms with Crippen LogP contribution in [-0.2, 0) is 16.0 Å². The molecule has 0 spiro atoms. The molecule has 0 aliphatic carbocycles. The minimum atomic E-state index is -0.287. The van der Waals surface area contributed by atoms with E-state index in [-0.39, 0.29) is 29.3 Å². The van der Waals surface area contributed by atoms with Crippen LogP contribution in [0.1, 0.15) is 23.6 Å². The van der Waals surface area contributed by atoms with Crippen LogP contribution in [0.2, 0.25) is 10.0 Å². The Kier molecular flexibility index (Phi) is 6.93. The fourth-order valence-electron chi connectivity index (χ4n) is 4.44. The predicted molar refractivity (Wildman–Crippen MR) is 150 cm³/mol. The minimum absolute atomic E-state index is 0.0215. The number of aryl methyl sites for hydroxylation is 1. The molecular formula is C28H23Cl2N3O2S. The number of para-hydroxylation sites is 1. The van der Waals surface area contributed by atoms with Crippen LogP contribution in [0.4, 0.5) is 11.4 Å². The summed E-state index contributed by atoms with van der Waals surface area (Å²) < 4.78 is 0. The monoisotopic (exact) mass is 535 g/mol. The number of hydrogen-bond acceptors (Lipinski definition) is 4. The predicted octanol–water partition coefficient (Wildman–Crippen LogP) is 6.76. The second kappa shape index (κ2) is 10.1. The van der Waals surface area contributed by atoms with Crippen molar-refractivity contribution in [2.75, 3.05) is 15.6 Å². The van der Waals surface area contributed by atoms with E-state index in [9.17, 15) is 9.59 Å². The quantitative estimate of drug-likeness (QED) is 0.347. The number of fused-ring (bicyclic) bond motifs is 1. The summed E-state index contributed by atoms with van der Waals surface area (Å²) in [5, 5.41) is 1.20. The van der Waals surface area contributed by atoms with Gasteiger partial charge in [-0.05, 0) is 61.7 Å². The molecule has 0 fully saturated rings. The van der Waals surface area contributed by atoms with Crippen molar-refractivity contribution < 1.29 is 9.59 Å². The lowest BCUT2D eigenvalue weighted by Crippen LogP contribution is -2.38. The van der Waals surface area contributed by atoms with E-state index in [0.717, 1.165) is 17.7 Å². The summed E-state index contributed by atoms with van der Waals surface area (Å²) in [5.74, 6) is -0.158. The van der Waals surface area contributed by atoms with Gasteiger partial charge in [-0.3, -0.25) is 14.5 Å². The van der Waals surface area contributed by atoms with E-state index < -0.39 is 0 Å². The Morgan fingerprint density at radius 1 is 1.08 bits per heavy atom. The van der Waals surface area contributed by atoms with Crippen LogP contribution in [-0.4, -0.2) is 28.8 Å². The first-order valence-electron chi connectivity index (χ1n) is 11.5. The van der Waals surface area contributed by atoms with Crippen LogP contribution in [0.25, 0.3) is 6.08 Å². The molecule has 2 heterocycles. The Labute approximate surface area is 224 Å². The molecule has 0 saturated carbocycles. The van der Waals surface area contributed by atoms with Gasteiger partial charge in [0.1, 0.15) is 5.70 Å². The molecular weight excluding hydrogens is 513 g/mol. The summed E-state index contributed by atoms with van der Waals surface area (Å²) in [4.78, 5) is 34.8. The number of benzene rings is 3. The Morgan fingerprint density at radius 2 is 1.83 bits per heavy atom. The smallest absolute Gasteiger partial charge is 0.283 e. The summed E-state index contributed by atoms with van der Waals surface area (Å²) in [6.45, 7) is 4.03. The molecule has 0 N–H and O–H groups in total. The highest BCUT2D eigenvalue weighted by Crippen LogP contribution is 2.35. The van der Waals surface area contributed by atoms with E-state index in [1.165, 1.54) is 17.3 Å². The van der Waals surface area contributed by atoms with E-state index in [1.54, 1.807) is 29.2 Å². The van der Waals surface area contributed by atoms with E-state index in [1.807, 2.05) is 61.2 Å². The first-order chi connectivity index (χ1) is 17.3. The van der Waals surface area contributed by atoms with E-state index >= 15 is 0 Å². The van der Waals surface area contributed by atoms with Gasteiger partial charge in [0.05, 0.1) is 21.5 Å². The number of anilines is 2. The highest BCUT2D eigenvalue weighted by Gasteiger charge is 2.35. The molecule has 36 heavy (non-hydrogen) atoms. The Balaban J connectivity index is 1.44. The van der Waals surface area contributed by atoms with Crippen molar-refractivity contribution in [2.24, 2.45) is 4.99 Å². The molecule has 3 aromatic rings. The first-order valence-corrected chi connectivity index (χ1v) is 13.3. The van der Waals surface area contributed by atoms with Crippen LogP contribution in [0.15, 0.2) is 77.4 Å². The van der Waals surface area contributed by atoms with Gasteiger partial charge < -0.3 is 4.90 Å². The number of rotatable bonds is 4. The second-order valence-corrected chi connectivity index (χ2v) is 10.5. The van der Waals surface area contributed by atoms with Gasteiger partial charge in [-0.1, -0.05) is 83.0 Å². The van der Waals surface area contributed by atoms with Crippen LogP contribution < -0.4 is 9.80 Å².